The third-order valence-electron chi connectivity index (χ3n) is 4.48. The first-order valence-electron chi connectivity index (χ1n) is 7.38. The van der Waals surface area contributed by atoms with Crippen LogP contribution in [0.4, 0.5) is 0 Å². The van der Waals surface area contributed by atoms with Crippen LogP contribution in [0.25, 0.3) is 0 Å². The van der Waals surface area contributed by atoms with Crippen LogP contribution in [0.3, 0.4) is 0 Å². The first-order valence-corrected chi connectivity index (χ1v) is 7.38. The molecule has 6 heteroatoms. The van der Waals surface area contributed by atoms with Crippen molar-refractivity contribution in [1.29, 1.82) is 0 Å². The van der Waals surface area contributed by atoms with Crippen LogP contribution in [0.2, 0.25) is 0 Å². The van der Waals surface area contributed by atoms with Gasteiger partial charge in [-0.3, -0.25) is 19.3 Å². The van der Waals surface area contributed by atoms with Gasteiger partial charge in [-0.05, 0) is 37.3 Å². The lowest BCUT2D eigenvalue weighted by Gasteiger charge is -2.38. The average molecular weight is 303 g/mol. The lowest BCUT2D eigenvalue weighted by atomic mass is 9.84. The van der Waals surface area contributed by atoms with E-state index < -0.39 is 29.8 Å². The zero-order valence-electron chi connectivity index (χ0n) is 11.9. The molecule has 0 spiro atoms. The van der Waals surface area contributed by atoms with Crippen LogP contribution in [0.15, 0.2) is 24.3 Å². The van der Waals surface area contributed by atoms with E-state index in [1.54, 1.807) is 18.2 Å². The number of aliphatic hydroxyl groups excluding tert-OH is 1. The highest BCUT2D eigenvalue weighted by atomic mass is 16.4. The first kappa shape index (κ1) is 14.7. The molecule has 0 aromatic heterocycles. The molecule has 0 bridgehead atoms. The van der Waals surface area contributed by atoms with E-state index in [1.807, 2.05) is 0 Å². The largest absolute Gasteiger partial charge is 0.480 e. The highest BCUT2D eigenvalue weighted by Crippen LogP contribution is 2.34. The number of fused-ring (bicyclic) bond motifs is 1. The van der Waals surface area contributed by atoms with Crippen molar-refractivity contribution in [3.05, 3.63) is 35.4 Å². The number of carbonyl (C=O) groups excluding carboxylic acids is 2. The third-order valence-corrected chi connectivity index (χ3v) is 4.48. The number of carboxylic acids is 1. The van der Waals surface area contributed by atoms with Crippen molar-refractivity contribution >= 4 is 17.8 Å². The Bertz CT molecular complexity index is 633. The maximum atomic E-state index is 12.6. The highest BCUT2D eigenvalue weighted by molar-refractivity contribution is 6.17. The van der Waals surface area contributed by atoms with E-state index in [-0.39, 0.29) is 17.2 Å². The summed E-state index contributed by atoms with van der Waals surface area (Å²) in [5, 5.41) is 19.0. The quantitative estimate of drug-likeness (QED) is 0.631. The molecule has 6 nitrogen and oxygen atoms in total. The molecule has 1 aliphatic heterocycles. The van der Waals surface area contributed by atoms with E-state index >= 15 is 0 Å². The van der Waals surface area contributed by atoms with Crippen LogP contribution < -0.4 is 0 Å². The van der Waals surface area contributed by atoms with E-state index in [9.17, 15) is 24.6 Å². The lowest BCUT2D eigenvalue weighted by Crippen LogP contribution is -2.53. The van der Waals surface area contributed by atoms with Crippen LogP contribution in [0.5, 0.6) is 0 Å². The Morgan fingerprint density at radius 3 is 2.36 bits per heavy atom. The Morgan fingerprint density at radius 1 is 1.09 bits per heavy atom. The summed E-state index contributed by atoms with van der Waals surface area (Å²) in [4.78, 5) is 37.8. The zero-order valence-corrected chi connectivity index (χ0v) is 11.9. The Morgan fingerprint density at radius 2 is 1.73 bits per heavy atom. The molecule has 1 aromatic carbocycles. The molecule has 2 N–H and O–H groups in total. The molecule has 1 heterocycles. The Kier molecular flexibility index (Phi) is 3.70. The van der Waals surface area contributed by atoms with Crippen molar-refractivity contribution in [2.45, 2.75) is 43.7 Å². The number of aliphatic carboxylic acids is 1. The van der Waals surface area contributed by atoms with Gasteiger partial charge in [0.05, 0.1) is 6.10 Å². The van der Waals surface area contributed by atoms with Gasteiger partial charge in [0.2, 0.25) is 5.91 Å². The van der Waals surface area contributed by atoms with Gasteiger partial charge in [0.25, 0.3) is 5.91 Å². The molecular weight excluding hydrogens is 286 g/mol. The number of imide groups is 1. The Labute approximate surface area is 127 Å². The molecule has 22 heavy (non-hydrogen) atoms. The zero-order chi connectivity index (χ0) is 15.9. The molecule has 0 saturated heterocycles. The summed E-state index contributed by atoms with van der Waals surface area (Å²) >= 11 is 0. The van der Waals surface area contributed by atoms with Gasteiger partial charge in [-0.2, -0.15) is 0 Å². The number of rotatable bonds is 2. The minimum atomic E-state index is -1.33. The van der Waals surface area contributed by atoms with Gasteiger partial charge in [0, 0.05) is 11.6 Å². The highest BCUT2D eigenvalue weighted by Gasteiger charge is 2.45. The standard InChI is InChI=1S/C16H17NO5/c18-10-7-5-9(6-8-10)17-14(19)12-4-2-1-3-11(12)13(15(17)20)16(21)22/h1-4,9-10,13,18H,5-8H2,(H,21,22). The molecule has 1 unspecified atom stereocenters. The number of hydrogen-bond donors (Lipinski definition) is 2. The smallest absolute Gasteiger partial charge is 0.320 e. The summed E-state index contributed by atoms with van der Waals surface area (Å²) in [6, 6.07) is 6.03. The van der Waals surface area contributed by atoms with Gasteiger partial charge in [0.1, 0.15) is 0 Å². The molecule has 2 amide bonds. The maximum absolute atomic E-state index is 12.6. The molecule has 2 aliphatic rings. The molecule has 116 valence electrons. The number of carboxylic acid groups (broad SMARTS) is 1. The van der Waals surface area contributed by atoms with E-state index in [4.69, 9.17) is 0 Å². The number of benzene rings is 1. The summed E-state index contributed by atoms with van der Waals surface area (Å²) in [6.45, 7) is 0. The number of nitrogens with zero attached hydrogens (tertiary/aromatic N) is 1. The SMILES string of the molecule is O=C(O)C1C(=O)N(C2CCC(O)CC2)C(=O)c2ccccc21. The minimum Gasteiger partial charge on any atom is -0.480 e. The fourth-order valence-electron chi connectivity index (χ4n) is 3.35. The lowest BCUT2D eigenvalue weighted by molar-refractivity contribution is -0.147. The number of carbonyl (C=O) groups is 3. The summed E-state index contributed by atoms with van der Waals surface area (Å²) in [5.41, 5.74) is 0.540. The topological polar surface area (TPSA) is 94.9 Å². The monoisotopic (exact) mass is 303 g/mol. The second-order valence-electron chi connectivity index (χ2n) is 5.83. The van der Waals surface area contributed by atoms with Gasteiger partial charge in [0.15, 0.2) is 5.92 Å². The predicted octanol–water partition coefficient (Wildman–Crippen LogP) is 1.14. The summed E-state index contributed by atoms with van der Waals surface area (Å²) < 4.78 is 0. The van der Waals surface area contributed by atoms with Crippen LogP contribution in [0, 0.1) is 0 Å². The van der Waals surface area contributed by atoms with Crippen molar-refractivity contribution in [3.63, 3.8) is 0 Å². The van der Waals surface area contributed by atoms with E-state index in [0.717, 1.165) is 4.90 Å². The van der Waals surface area contributed by atoms with Crippen LogP contribution in [-0.2, 0) is 9.59 Å². The van der Waals surface area contributed by atoms with E-state index in [0.29, 0.717) is 25.7 Å². The van der Waals surface area contributed by atoms with Crippen molar-refractivity contribution in [1.82, 2.24) is 4.90 Å². The molecule has 1 fully saturated rings. The molecular formula is C16H17NO5. The van der Waals surface area contributed by atoms with Crippen LogP contribution >= 0.6 is 0 Å². The summed E-state index contributed by atoms with van der Waals surface area (Å²) in [6.07, 6.45) is 1.64. The fraction of sp³-hybridized carbons (Fsp3) is 0.438. The van der Waals surface area contributed by atoms with Crippen LogP contribution in [0.1, 0.15) is 47.5 Å². The second-order valence-corrected chi connectivity index (χ2v) is 5.83. The average Bonchev–Trinajstić information content (AvgIpc) is 2.49. The fourth-order valence-corrected chi connectivity index (χ4v) is 3.35. The molecule has 1 aliphatic carbocycles. The minimum absolute atomic E-state index is 0.261. The van der Waals surface area contributed by atoms with Crippen molar-refractivity contribution in [2.75, 3.05) is 0 Å². The van der Waals surface area contributed by atoms with E-state index in [2.05, 4.69) is 0 Å². The van der Waals surface area contributed by atoms with Gasteiger partial charge in [-0.15, -0.1) is 0 Å². The van der Waals surface area contributed by atoms with Gasteiger partial charge in [-0.25, -0.2) is 0 Å². The Hall–Kier alpha value is -2.21. The molecule has 0 radical (unpaired) electrons. The Balaban J connectivity index is 2.00. The molecule has 1 saturated carbocycles. The van der Waals surface area contributed by atoms with Crippen molar-refractivity contribution in [2.24, 2.45) is 0 Å². The molecule has 3 rings (SSSR count). The number of aliphatic hydroxyl groups is 1. The van der Waals surface area contributed by atoms with Crippen molar-refractivity contribution in [3.8, 4) is 0 Å². The van der Waals surface area contributed by atoms with Crippen molar-refractivity contribution < 1.29 is 24.6 Å². The predicted molar refractivity (Wildman–Crippen MR) is 76.3 cm³/mol. The van der Waals surface area contributed by atoms with E-state index in [1.165, 1.54) is 6.07 Å². The van der Waals surface area contributed by atoms with Gasteiger partial charge < -0.3 is 10.2 Å². The van der Waals surface area contributed by atoms with Gasteiger partial charge >= 0.3 is 5.97 Å². The third kappa shape index (κ3) is 2.29. The summed E-state index contributed by atoms with van der Waals surface area (Å²) in [5.74, 6) is -3.68. The van der Waals surface area contributed by atoms with Crippen LogP contribution in [-0.4, -0.2) is 45.0 Å². The maximum Gasteiger partial charge on any atom is 0.320 e. The van der Waals surface area contributed by atoms with Gasteiger partial charge in [-0.1, -0.05) is 18.2 Å². The second kappa shape index (κ2) is 5.53. The summed E-state index contributed by atoms with van der Waals surface area (Å²) in [7, 11) is 0. The molecule has 1 atom stereocenters. The molecule has 1 aromatic rings. The normalized spacial score (nSPS) is 28.4. The number of amides is 2. The number of hydrogen-bond acceptors (Lipinski definition) is 4. The first-order chi connectivity index (χ1) is 10.5.